The van der Waals surface area contributed by atoms with E-state index in [1.165, 1.54) is 4.68 Å². The predicted molar refractivity (Wildman–Crippen MR) is 222 cm³/mol. The van der Waals surface area contributed by atoms with Gasteiger partial charge in [-0.15, -0.1) is 0 Å². The molecule has 2 N–H and O–H groups in total. The third-order valence-corrected chi connectivity index (χ3v) is 13.1. The zero-order chi connectivity index (χ0) is 41.6. The number of benzene rings is 2. The Morgan fingerprint density at radius 3 is 2.31 bits per heavy atom. The van der Waals surface area contributed by atoms with E-state index in [4.69, 9.17) is 16.3 Å². The number of carbonyl (C=O) groups is 3. The average Bonchev–Trinajstić information content (AvgIpc) is 3.22. The number of rotatable bonds is 9. The van der Waals surface area contributed by atoms with E-state index in [-0.39, 0.29) is 53.2 Å². The molecule has 4 aliphatic rings. The molecule has 3 saturated heterocycles. The Morgan fingerprint density at radius 2 is 1.64 bits per heavy atom. The lowest BCUT2D eigenvalue weighted by atomic mass is 9.49. The topological polar surface area (TPSA) is 179 Å². The number of fused-ring (bicyclic) bond motifs is 1. The molecule has 1 saturated carbocycles. The van der Waals surface area contributed by atoms with Crippen molar-refractivity contribution in [1.29, 1.82) is 5.26 Å². The first-order valence-electron chi connectivity index (χ1n) is 20.3. The van der Waals surface area contributed by atoms with Gasteiger partial charge in [0.1, 0.15) is 24.0 Å². The number of anilines is 2. The van der Waals surface area contributed by atoms with Gasteiger partial charge in [-0.1, -0.05) is 39.3 Å². The van der Waals surface area contributed by atoms with E-state index in [0.717, 1.165) is 69.7 Å². The number of halogens is 1. The van der Waals surface area contributed by atoms with Crippen LogP contribution in [0, 0.1) is 28.1 Å². The maximum Gasteiger partial charge on any atom is 0.275 e. The van der Waals surface area contributed by atoms with Crippen LogP contribution in [0.3, 0.4) is 0 Å². The molecule has 4 fully saturated rings. The quantitative estimate of drug-likeness (QED) is 0.229. The van der Waals surface area contributed by atoms with Gasteiger partial charge in [-0.3, -0.25) is 29.4 Å². The maximum atomic E-state index is 13.4. The van der Waals surface area contributed by atoms with Crippen molar-refractivity contribution < 1.29 is 19.1 Å². The zero-order valence-corrected chi connectivity index (χ0v) is 34.5. The van der Waals surface area contributed by atoms with Crippen LogP contribution < -0.4 is 30.7 Å². The summed E-state index contributed by atoms with van der Waals surface area (Å²) in [6, 6.07) is 11.9. The fraction of sp³-hybridized carbons (Fsp3) is 0.488. The number of nitrogens with one attached hydrogen (secondary N) is 2. The Morgan fingerprint density at radius 1 is 0.932 bits per heavy atom. The molecular weight excluding hydrogens is 772 g/mol. The van der Waals surface area contributed by atoms with Crippen molar-refractivity contribution in [2.45, 2.75) is 71.6 Å². The Kier molecular flexibility index (Phi) is 10.8. The first kappa shape index (κ1) is 40.2. The van der Waals surface area contributed by atoms with Gasteiger partial charge in [0.05, 0.1) is 27.7 Å². The number of piperazine rings is 1. The molecule has 15 nitrogen and oxygen atoms in total. The third-order valence-electron chi connectivity index (χ3n) is 12.8. The van der Waals surface area contributed by atoms with E-state index >= 15 is 0 Å². The number of ether oxygens (including phenoxy) is 1. The normalized spacial score (nSPS) is 23.3. The van der Waals surface area contributed by atoms with Crippen molar-refractivity contribution in [3.05, 3.63) is 81.5 Å². The summed E-state index contributed by atoms with van der Waals surface area (Å²) in [7, 11) is 0. The standard InChI is InChI=1S/C43H49ClN10O5/c1-42(2)39(43(3,4)40(42)59-31-7-5-27(21-45)33(44)20-31)50-36(56)29-22-46-41(47-23-29)53-13-11-26(12-14-53)25-51-15-17-52(18-16-51)30-6-8-32-28(19-30)24-48-54(38(32)58)34-9-10-35(55)49-37(34)57/h5-8,19-20,22-24,26,34,39-40H,9-18,25H2,1-4H3,(H,50,56)(H,49,55,57)/t34-,39?,40?/m0/s1. The van der Waals surface area contributed by atoms with Gasteiger partial charge in [-0.2, -0.15) is 10.4 Å². The van der Waals surface area contributed by atoms with Crippen LogP contribution in [0.4, 0.5) is 11.6 Å². The van der Waals surface area contributed by atoms with Crippen molar-refractivity contribution >= 4 is 51.7 Å². The summed E-state index contributed by atoms with van der Waals surface area (Å²) >= 11 is 6.24. The number of piperidine rings is 2. The SMILES string of the molecule is CC1(C)C(NC(=O)c2cnc(N3CCC(CN4CCN(c5ccc6c(=O)n([C@H]7CCC(=O)NC7=O)ncc6c5)CC4)CC3)nc2)C(C)(C)C1Oc1ccc(C#N)c(Cl)c1. The van der Waals surface area contributed by atoms with Gasteiger partial charge in [0.2, 0.25) is 11.9 Å². The molecule has 3 aliphatic heterocycles. The molecular formula is C43H49ClN10O5. The summed E-state index contributed by atoms with van der Waals surface area (Å²) in [6.45, 7) is 14.6. The summed E-state index contributed by atoms with van der Waals surface area (Å²) in [5, 5.41) is 20.6. The number of aromatic nitrogens is 4. The minimum atomic E-state index is -0.787. The Hall–Kier alpha value is -5.59. The molecule has 2 aromatic carbocycles. The van der Waals surface area contributed by atoms with Crippen molar-refractivity contribution in [3.8, 4) is 11.8 Å². The molecule has 5 heterocycles. The summed E-state index contributed by atoms with van der Waals surface area (Å²) in [5.74, 6) is 0.733. The maximum absolute atomic E-state index is 13.4. The smallest absolute Gasteiger partial charge is 0.275 e. The highest BCUT2D eigenvalue weighted by Gasteiger charge is 2.64. The van der Waals surface area contributed by atoms with Crippen LogP contribution in [0.1, 0.15) is 75.3 Å². The molecule has 0 unspecified atom stereocenters. The monoisotopic (exact) mass is 820 g/mol. The molecule has 1 atom stereocenters. The fourth-order valence-corrected chi connectivity index (χ4v) is 9.98. The van der Waals surface area contributed by atoms with Crippen LogP contribution in [0.25, 0.3) is 10.8 Å². The average molecular weight is 821 g/mol. The summed E-state index contributed by atoms with van der Waals surface area (Å²) in [5.41, 5.74) is 0.736. The van der Waals surface area contributed by atoms with Crippen molar-refractivity contribution in [3.63, 3.8) is 0 Å². The summed E-state index contributed by atoms with van der Waals surface area (Å²) in [6.07, 6.45) is 7.14. The first-order valence-corrected chi connectivity index (χ1v) is 20.7. The molecule has 3 amide bonds. The van der Waals surface area contributed by atoms with E-state index in [2.05, 4.69) is 74.2 Å². The fourth-order valence-electron chi connectivity index (χ4n) is 9.77. The molecule has 0 bridgehead atoms. The van der Waals surface area contributed by atoms with E-state index < -0.39 is 11.9 Å². The molecule has 0 spiro atoms. The second-order valence-electron chi connectivity index (χ2n) is 17.4. The number of amides is 3. The summed E-state index contributed by atoms with van der Waals surface area (Å²) in [4.78, 5) is 66.9. The number of imide groups is 1. The summed E-state index contributed by atoms with van der Waals surface area (Å²) < 4.78 is 7.56. The number of nitrogens with zero attached hydrogens (tertiary/aromatic N) is 8. The van der Waals surface area contributed by atoms with Crippen LogP contribution in [0.2, 0.25) is 5.02 Å². The number of hydrogen-bond acceptors (Lipinski definition) is 12. The Balaban J connectivity index is 0.792. The van der Waals surface area contributed by atoms with Crippen molar-refractivity contribution in [1.82, 2.24) is 35.3 Å². The highest BCUT2D eigenvalue weighted by molar-refractivity contribution is 6.31. The van der Waals surface area contributed by atoms with Crippen molar-refractivity contribution in [2.75, 3.05) is 55.6 Å². The van der Waals surface area contributed by atoms with E-state index in [0.29, 0.717) is 39.2 Å². The molecule has 0 radical (unpaired) electrons. The van der Waals surface area contributed by atoms with Gasteiger partial charge in [0.15, 0.2) is 0 Å². The molecule has 1 aliphatic carbocycles. The lowest BCUT2D eigenvalue weighted by Crippen LogP contribution is -2.74. The van der Waals surface area contributed by atoms with E-state index in [1.807, 2.05) is 18.2 Å². The molecule has 4 aromatic rings. The van der Waals surface area contributed by atoms with Gasteiger partial charge in [0, 0.05) is 98.6 Å². The second-order valence-corrected chi connectivity index (χ2v) is 17.8. The molecule has 16 heteroatoms. The number of hydrogen-bond donors (Lipinski definition) is 2. The van der Waals surface area contributed by atoms with Gasteiger partial charge in [-0.05, 0) is 55.5 Å². The van der Waals surface area contributed by atoms with Crippen LogP contribution >= 0.6 is 11.6 Å². The minimum absolute atomic E-state index is 0.171. The molecule has 8 rings (SSSR count). The van der Waals surface area contributed by atoms with Crippen LogP contribution in [0.5, 0.6) is 5.75 Å². The van der Waals surface area contributed by atoms with Crippen LogP contribution in [-0.4, -0.2) is 100 Å². The largest absolute Gasteiger partial charge is 0.489 e. The molecule has 2 aromatic heterocycles. The molecule has 59 heavy (non-hydrogen) atoms. The predicted octanol–water partition coefficient (Wildman–Crippen LogP) is 4.34. The van der Waals surface area contributed by atoms with Crippen LogP contribution in [-0.2, 0) is 9.59 Å². The highest BCUT2D eigenvalue weighted by Crippen LogP contribution is 2.55. The van der Waals surface area contributed by atoms with Gasteiger partial charge >= 0.3 is 0 Å². The zero-order valence-electron chi connectivity index (χ0n) is 33.8. The minimum Gasteiger partial charge on any atom is -0.489 e. The van der Waals surface area contributed by atoms with Gasteiger partial charge < -0.3 is 19.9 Å². The molecule has 308 valence electrons. The van der Waals surface area contributed by atoms with Gasteiger partial charge in [-0.25, -0.2) is 14.6 Å². The van der Waals surface area contributed by atoms with E-state index in [9.17, 15) is 24.4 Å². The van der Waals surface area contributed by atoms with Crippen LogP contribution in [0.15, 0.2) is 59.8 Å². The second kappa shape index (κ2) is 15.9. The van der Waals surface area contributed by atoms with Gasteiger partial charge in [0.25, 0.3) is 17.4 Å². The number of carbonyl (C=O) groups excluding carboxylic acids is 3. The Bertz CT molecular complexity index is 2360. The first-order chi connectivity index (χ1) is 28.2. The van der Waals surface area contributed by atoms with Crippen molar-refractivity contribution in [2.24, 2.45) is 16.7 Å². The highest BCUT2D eigenvalue weighted by atomic mass is 35.5. The lowest BCUT2D eigenvalue weighted by Gasteiger charge is -2.63. The number of nitriles is 1. The third kappa shape index (κ3) is 7.83. The lowest BCUT2D eigenvalue weighted by molar-refractivity contribution is -0.164. The van der Waals surface area contributed by atoms with E-state index in [1.54, 1.807) is 36.8 Å². The Labute approximate surface area is 347 Å².